The minimum Gasteiger partial charge on any atom is -0.449 e. The monoisotopic (exact) mass is 389 g/mol. The number of hydrogen-bond donors (Lipinski definition) is 1. The van der Waals surface area contributed by atoms with Gasteiger partial charge < -0.3 is 10.1 Å². The van der Waals surface area contributed by atoms with Gasteiger partial charge in [0.2, 0.25) is 0 Å². The van der Waals surface area contributed by atoms with Gasteiger partial charge in [-0.25, -0.2) is 9.18 Å². The Morgan fingerprint density at radius 1 is 1.15 bits per heavy atom. The first-order valence-corrected chi connectivity index (χ1v) is 8.39. The molecule has 140 valence electrons. The van der Waals surface area contributed by atoms with Gasteiger partial charge in [0.25, 0.3) is 5.91 Å². The van der Waals surface area contributed by atoms with Crippen LogP contribution >= 0.6 is 11.6 Å². The molecule has 0 saturated heterocycles. The second-order valence-corrected chi connectivity index (χ2v) is 6.12. The minimum absolute atomic E-state index is 0.0611. The first kappa shape index (κ1) is 20.3. The number of carbonyl (C=O) groups excluding carboxylic acids is 3. The molecule has 7 heteroatoms. The minimum atomic E-state index is -1.04. The molecule has 0 saturated carbocycles. The zero-order chi connectivity index (χ0) is 20.0. The molecule has 0 spiro atoms. The maximum Gasteiger partial charge on any atom is 0.331 e. The standard InChI is InChI=1S/C20H17ClFNO4/c1-12(24)15-5-7-16(8-6-15)23-20(26)13(2)27-19(25)10-4-14-3-9-18(22)17(21)11-14/h3-11,13H,1-2H3,(H,23,26)/b10-4+/t13-/m1/s1. The van der Waals surface area contributed by atoms with E-state index in [-0.39, 0.29) is 10.8 Å². The smallest absolute Gasteiger partial charge is 0.331 e. The van der Waals surface area contributed by atoms with Crippen molar-refractivity contribution in [3.63, 3.8) is 0 Å². The Balaban J connectivity index is 1.90. The predicted octanol–water partition coefficient (Wildman–Crippen LogP) is 4.27. The molecule has 1 N–H and O–H groups in total. The Morgan fingerprint density at radius 2 is 1.81 bits per heavy atom. The second kappa shape index (κ2) is 9.09. The van der Waals surface area contributed by atoms with E-state index >= 15 is 0 Å². The second-order valence-electron chi connectivity index (χ2n) is 5.71. The van der Waals surface area contributed by atoms with Crippen molar-refractivity contribution in [3.8, 4) is 0 Å². The van der Waals surface area contributed by atoms with Crippen LogP contribution in [0.3, 0.4) is 0 Å². The molecule has 0 aliphatic carbocycles. The molecular weight excluding hydrogens is 373 g/mol. The maximum atomic E-state index is 13.1. The van der Waals surface area contributed by atoms with Crippen molar-refractivity contribution in [3.05, 3.63) is 70.5 Å². The molecule has 1 atom stereocenters. The number of nitrogens with one attached hydrogen (secondary N) is 1. The molecule has 0 bridgehead atoms. The SMILES string of the molecule is CC(=O)c1ccc(NC(=O)[C@@H](C)OC(=O)/C=C/c2ccc(F)c(Cl)c2)cc1. The Labute approximate surface area is 160 Å². The van der Waals surface area contributed by atoms with E-state index in [1.165, 1.54) is 38.1 Å². The number of ether oxygens (including phenoxy) is 1. The van der Waals surface area contributed by atoms with E-state index in [1.807, 2.05) is 0 Å². The van der Waals surface area contributed by atoms with E-state index in [0.717, 1.165) is 6.08 Å². The van der Waals surface area contributed by atoms with Crippen LogP contribution in [0, 0.1) is 5.82 Å². The van der Waals surface area contributed by atoms with E-state index in [9.17, 15) is 18.8 Å². The van der Waals surface area contributed by atoms with Crippen molar-refractivity contribution in [2.75, 3.05) is 5.32 Å². The molecule has 0 unspecified atom stereocenters. The number of benzene rings is 2. The lowest BCUT2D eigenvalue weighted by atomic mass is 10.1. The van der Waals surface area contributed by atoms with E-state index < -0.39 is 23.8 Å². The fourth-order valence-corrected chi connectivity index (χ4v) is 2.27. The summed E-state index contributed by atoms with van der Waals surface area (Å²) in [7, 11) is 0. The highest BCUT2D eigenvalue weighted by Crippen LogP contribution is 2.17. The highest BCUT2D eigenvalue weighted by atomic mass is 35.5. The summed E-state index contributed by atoms with van der Waals surface area (Å²) in [6.45, 7) is 2.88. The highest BCUT2D eigenvalue weighted by molar-refractivity contribution is 6.30. The number of hydrogen-bond acceptors (Lipinski definition) is 4. The van der Waals surface area contributed by atoms with Crippen molar-refractivity contribution in [2.45, 2.75) is 20.0 Å². The molecule has 0 heterocycles. The van der Waals surface area contributed by atoms with Gasteiger partial charge in [0.05, 0.1) is 5.02 Å². The normalized spacial score (nSPS) is 11.9. The molecule has 2 rings (SSSR count). The molecule has 0 aliphatic rings. The molecule has 5 nitrogen and oxygen atoms in total. The van der Waals surface area contributed by atoms with E-state index in [2.05, 4.69) is 5.32 Å². The lowest BCUT2D eigenvalue weighted by molar-refractivity contribution is -0.148. The summed E-state index contributed by atoms with van der Waals surface area (Å²) in [5.74, 6) is -1.88. The van der Waals surface area contributed by atoms with Crippen LogP contribution < -0.4 is 5.32 Å². The average Bonchev–Trinajstić information content (AvgIpc) is 2.63. The average molecular weight is 390 g/mol. The van der Waals surface area contributed by atoms with Crippen LogP contribution in [0.25, 0.3) is 6.08 Å². The van der Waals surface area contributed by atoms with Crippen molar-refractivity contribution in [2.24, 2.45) is 0 Å². The van der Waals surface area contributed by atoms with Crippen molar-refractivity contribution in [1.29, 1.82) is 0 Å². The Bertz CT molecular complexity index is 893. The summed E-state index contributed by atoms with van der Waals surface area (Å²) in [4.78, 5) is 35.1. The van der Waals surface area contributed by atoms with Gasteiger partial charge in [-0.15, -0.1) is 0 Å². The number of amides is 1. The molecule has 0 radical (unpaired) electrons. The largest absolute Gasteiger partial charge is 0.449 e. The van der Waals surface area contributed by atoms with Crippen molar-refractivity contribution in [1.82, 2.24) is 0 Å². The molecule has 2 aromatic rings. The third-order valence-corrected chi connectivity index (χ3v) is 3.87. The molecule has 0 aromatic heterocycles. The van der Waals surface area contributed by atoms with Crippen LogP contribution in [0.5, 0.6) is 0 Å². The van der Waals surface area contributed by atoms with Gasteiger partial charge in [-0.2, -0.15) is 0 Å². The number of halogens is 2. The first-order valence-electron chi connectivity index (χ1n) is 8.02. The van der Waals surface area contributed by atoms with E-state index in [0.29, 0.717) is 16.8 Å². The van der Waals surface area contributed by atoms with E-state index in [1.54, 1.807) is 24.3 Å². The highest BCUT2D eigenvalue weighted by Gasteiger charge is 2.16. The molecule has 27 heavy (non-hydrogen) atoms. The summed E-state index contributed by atoms with van der Waals surface area (Å²) in [6.07, 6.45) is 1.49. The molecule has 2 aromatic carbocycles. The van der Waals surface area contributed by atoms with Gasteiger partial charge >= 0.3 is 5.97 Å². The number of Topliss-reactive ketones (excluding diaryl/α,β-unsaturated/α-hetero) is 1. The topological polar surface area (TPSA) is 72.5 Å². The Hall–Kier alpha value is -2.99. The third kappa shape index (κ3) is 6.04. The van der Waals surface area contributed by atoms with Gasteiger partial charge in [-0.1, -0.05) is 17.7 Å². The summed E-state index contributed by atoms with van der Waals surface area (Å²) >= 11 is 5.66. The van der Waals surface area contributed by atoms with E-state index in [4.69, 9.17) is 16.3 Å². The van der Waals surface area contributed by atoms with Crippen molar-refractivity contribution >= 4 is 41.0 Å². The molecule has 0 aliphatic heterocycles. The van der Waals surface area contributed by atoms with Gasteiger partial charge in [0.15, 0.2) is 11.9 Å². The van der Waals surface area contributed by atoms with Crippen LogP contribution in [-0.2, 0) is 14.3 Å². The lowest BCUT2D eigenvalue weighted by Crippen LogP contribution is -2.29. The Morgan fingerprint density at radius 3 is 2.41 bits per heavy atom. The van der Waals surface area contributed by atoms with Crippen LogP contribution in [-0.4, -0.2) is 23.8 Å². The zero-order valence-corrected chi connectivity index (χ0v) is 15.4. The summed E-state index contributed by atoms with van der Waals surface area (Å²) in [5.41, 5.74) is 1.52. The van der Waals surface area contributed by atoms with Crippen LogP contribution in [0.2, 0.25) is 5.02 Å². The number of ketones is 1. The van der Waals surface area contributed by atoms with Gasteiger partial charge in [-0.3, -0.25) is 9.59 Å². The number of rotatable bonds is 6. The first-order chi connectivity index (χ1) is 12.8. The summed E-state index contributed by atoms with van der Waals surface area (Å²) in [6, 6.07) is 10.3. The van der Waals surface area contributed by atoms with Crippen LogP contribution in [0.15, 0.2) is 48.5 Å². The van der Waals surface area contributed by atoms with Gasteiger partial charge in [0, 0.05) is 17.3 Å². The van der Waals surface area contributed by atoms with Crippen molar-refractivity contribution < 1.29 is 23.5 Å². The number of anilines is 1. The van der Waals surface area contributed by atoms with Crippen LogP contribution in [0.4, 0.5) is 10.1 Å². The van der Waals surface area contributed by atoms with Crippen LogP contribution in [0.1, 0.15) is 29.8 Å². The number of carbonyl (C=O) groups is 3. The van der Waals surface area contributed by atoms with Gasteiger partial charge in [-0.05, 0) is 61.9 Å². The predicted molar refractivity (Wildman–Crippen MR) is 101 cm³/mol. The molecule has 1 amide bonds. The lowest BCUT2D eigenvalue weighted by Gasteiger charge is -2.12. The Kier molecular flexibility index (Phi) is 6.85. The van der Waals surface area contributed by atoms with Gasteiger partial charge in [0.1, 0.15) is 5.82 Å². The number of esters is 1. The quantitative estimate of drug-likeness (QED) is 0.455. The maximum absolute atomic E-state index is 13.1. The zero-order valence-electron chi connectivity index (χ0n) is 14.7. The summed E-state index contributed by atoms with van der Waals surface area (Å²) in [5, 5.41) is 2.53. The molecular formula is C20H17ClFNO4. The fraction of sp³-hybridized carbons (Fsp3) is 0.150. The molecule has 0 fully saturated rings. The summed E-state index contributed by atoms with van der Waals surface area (Å²) < 4.78 is 18.1. The fourth-order valence-electron chi connectivity index (χ4n) is 2.08. The third-order valence-electron chi connectivity index (χ3n) is 3.58.